The quantitative estimate of drug-likeness (QED) is 0.0913. The summed E-state index contributed by atoms with van der Waals surface area (Å²) in [5.41, 5.74) is 2.40. The van der Waals surface area contributed by atoms with Gasteiger partial charge in [0.15, 0.2) is 11.8 Å². The fourth-order valence-corrected chi connectivity index (χ4v) is 5.11. The fourth-order valence-electron chi connectivity index (χ4n) is 4.13. The lowest BCUT2D eigenvalue weighted by Gasteiger charge is -2.15. The van der Waals surface area contributed by atoms with Crippen LogP contribution < -0.4 is 10.6 Å². The third kappa shape index (κ3) is 10.5. The van der Waals surface area contributed by atoms with Gasteiger partial charge in [0.25, 0.3) is 0 Å². The number of halogens is 1. The number of Topliss-reactive ketones (excluding diaryl/α,β-unsaturated/α-hetero) is 1. The molecule has 3 N–H and O–H groups in total. The van der Waals surface area contributed by atoms with Gasteiger partial charge in [-0.25, -0.2) is 4.79 Å². The van der Waals surface area contributed by atoms with Crippen molar-refractivity contribution in [3.8, 4) is 0 Å². The first kappa shape index (κ1) is 32.0. The number of carboxylic acids is 1. The molecule has 0 aliphatic rings. The molecule has 0 fully saturated rings. The van der Waals surface area contributed by atoms with E-state index in [-0.39, 0.29) is 5.78 Å². The summed E-state index contributed by atoms with van der Waals surface area (Å²) in [4.78, 5) is 23.4. The molecule has 0 spiro atoms. The maximum atomic E-state index is 11.8. The number of nitrogens with one attached hydrogen (secondary N) is 2. The zero-order chi connectivity index (χ0) is 28.5. The van der Waals surface area contributed by atoms with Crippen molar-refractivity contribution in [2.24, 2.45) is 5.92 Å². The standard InChI is InChI=1S/C16H13NO2S.C15H23NO.CH3Cl/c18-16(19)15(17-11-6-2-1-3-7-11)13-10-20-14-9-5-4-8-12(13)14;1-3-13(4-2)10-11-16-12-15(17)14-8-6-5-7-9-14;1-2/h1-10,15,17H,(H,18,19);5-9,13,16H,3-4,10-12H2,1-2H3;1H3. The first-order valence-electron chi connectivity index (χ1n) is 13.2. The highest BCUT2D eigenvalue weighted by atomic mass is 35.5. The number of ketones is 1. The molecule has 0 amide bonds. The van der Waals surface area contributed by atoms with Gasteiger partial charge >= 0.3 is 5.97 Å². The maximum Gasteiger partial charge on any atom is 0.330 e. The molecule has 0 saturated carbocycles. The minimum absolute atomic E-state index is 0.176. The minimum atomic E-state index is -0.877. The van der Waals surface area contributed by atoms with Crippen LogP contribution in [0.4, 0.5) is 5.69 Å². The van der Waals surface area contributed by atoms with Crippen LogP contribution in [0.15, 0.2) is 90.3 Å². The molecule has 1 aromatic heterocycles. The highest BCUT2D eigenvalue weighted by Gasteiger charge is 2.22. The largest absolute Gasteiger partial charge is 0.479 e. The van der Waals surface area contributed by atoms with Crippen LogP contribution in [0, 0.1) is 5.92 Å². The summed E-state index contributed by atoms with van der Waals surface area (Å²) in [7, 11) is 0. The Morgan fingerprint density at radius 2 is 1.46 bits per heavy atom. The summed E-state index contributed by atoms with van der Waals surface area (Å²) in [6, 6.07) is 26.0. The second kappa shape index (κ2) is 18.2. The highest BCUT2D eigenvalue weighted by molar-refractivity contribution is 7.17. The number of alkyl halides is 1. The van der Waals surface area contributed by atoms with Crippen LogP contribution in [0.1, 0.15) is 55.1 Å². The molecule has 4 aromatic rings. The number of thiophene rings is 1. The average Bonchev–Trinajstić information content (AvgIpc) is 3.42. The maximum absolute atomic E-state index is 11.8. The van der Waals surface area contributed by atoms with Gasteiger partial charge < -0.3 is 15.7 Å². The zero-order valence-electron chi connectivity index (χ0n) is 22.9. The molecule has 1 atom stereocenters. The Morgan fingerprint density at radius 3 is 2.08 bits per heavy atom. The van der Waals surface area contributed by atoms with E-state index in [2.05, 4.69) is 36.1 Å². The van der Waals surface area contributed by atoms with Gasteiger partial charge in [0.2, 0.25) is 0 Å². The normalized spacial score (nSPS) is 11.1. The summed E-state index contributed by atoms with van der Waals surface area (Å²) in [5, 5.41) is 18.7. The van der Waals surface area contributed by atoms with E-state index in [1.54, 1.807) is 11.3 Å². The number of hydrogen-bond acceptors (Lipinski definition) is 5. The monoisotopic (exact) mass is 566 g/mol. The van der Waals surface area contributed by atoms with E-state index in [0.717, 1.165) is 45.8 Å². The van der Waals surface area contributed by atoms with E-state index in [4.69, 9.17) is 0 Å². The van der Waals surface area contributed by atoms with Crippen LogP contribution in [0.3, 0.4) is 0 Å². The lowest BCUT2D eigenvalue weighted by molar-refractivity contribution is -0.138. The fraction of sp³-hybridized carbons (Fsp3) is 0.312. The number of carbonyl (C=O) groups excluding carboxylic acids is 1. The van der Waals surface area contributed by atoms with Crippen molar-refractivity contribution in [2.75, 3.05) is 24.8 Å². The number of carboxylic acid groups (broad SMARTS) is 1. The van der Waals surface area contributed by atoms with Crippen molar-refractivity contribution in [3.63, 3.8) is 0 Å². The van der Waals surface area contributed by atoms with E-state index in [9.17, 15) is 14.7 Å². The molecule has 1 unspecified atom stereocenters. The number of carbonyl (C=O) groups is 2. The number of benzene rings is 3. The second-order valence-electron chi connectivity index (χ2n) is 8.91. The average molecular weight is 567 g/mol. The van der Waals surface area contributed by atoms with E-state index in [1.807, 2.05) is 90.3 Å². The van der Waals surface area contributed by atoms with Crippen LogP contribution >= 0.6 is 22.9 Å². The first-order chi connectivity index (χ1) is 19.0. The van der Waals surface area contributed by atoms with Gasteiger partial charge in [-0.2, -0.15) is 0 Å². The van der Waals surface area contributed by atoms with Crippen molar-refractivity contribution in [1.82, 2.24) is 5.32 Å². The molecule has 0 aliphatic carbocycles. The third-order valence-electron chi connectivity index (χ3n) is 6.42. The predicted octanol–water partition coefficient (Wildman–Crippen LogP) is 8.28. The van der Waals surface area contributed by atoms with Crippen molar-refractivity contribution in [3.05, 3.63) is 101 Å². The van der Waals surface area contributed by atoms with E-state index >= 15 is 0 Å². The summed E-state index contributed by atoms with van der Waals surface area (Å²) in [6.45, 7) is 5.83. The second-order valence-corrected chi connectivity index (χ2v) is 9.82. The van der Waals surface area contributed by atoms with Crippen LogP contribution in [0.5, 0.6) is 0 Å². The summed E-state index contributed by atoms with van der Waals surface area (Å²) < 4.78 is 1.10. The smallest absolute Gasteiger partial charge is 0.330 e. The van der Waals surface area contributed by atoms with Crippen molar-refractivity contribution in [1.29, 1.82) is 0 Å². The molecule has 5 nitrogen and oxygen atoms in total. The zero-order valence-corrected chi connectivity index (χ0v) is 24.5. The van der Waals surface area contributed by atoms with Crippen molar-refractivity contribution < 1.29 is 14.7 Å². The summed E-state index contributed by atoms with van der Waals surface area (Å²) >= 11 is 6.21. The minimum Gasteiger partial charge on any atom is -0.479 e. The Labute approximate surface area is 241 Å². The molecule has 39 heavy (non-hydrogen) atoms. The molecule has 3 aromatic carbocycles. The van der Waals surface area contributed by atoms with E-state index in [1.165, 1.54) is 19.2 Å². The Morgan fingerprint density at radius 1 is 0.872 bits per heavy atom. The third-order valence-corrected chi connectivity index (χ3v) is 7.40. The number of hydrogen-bond donors (Lipinski definition) is 3. The van der Waals surface area contributed by atoms with Gasteiger partial charge in [0.1, 0.15) is 0 Å². The van der Waals surface area contributed by atoms with Crippen molar-refractivity contribution in [2.45, 2.75) is 39.2 Å². The Hall–Kier alpha value is -3.19. The number of anilines is 1. The SMILES string of the molecule is CCC(CC)CCNCC(=O)c1ccccc1.CCl.O=C(O)C(Nc1ccccc1)c1csc2ccccc12. The Balaban J connectivity index is 0.000000261. The van der Waals surface area contributed by atoms with E-state index in [0.29, 0.717) is 6.54 Å². The van der Waals surface area contributed by atoms with Crippen LogP contribution in [0.25, 0.3) is 10.1 Å². The Kier molecular flexibility index (Phi) is 14.9. The molecular formula is C32H39ClN2O3S. The van der Waals surface area contributed by atoms with Gasteiger partial charge in [-0.1, -0.05) is 93.4 Å². The molecule has 0 aliphatic heterocycles. The molecule has 0 saturated heterocycles. The summed E-state index contributed by atoms with van der Waals surface area (Å²) in [6.07, 6.45) is 5.09. The van der Waals surface area contributed by atoms with Gasteiger partial charge in [0.05, 0.1) is 6.54 Å². The number of aliphatic carboxylic acids is 1. The lowest BCUT2D eigenvalue weighted by Crippen LogP contribution is -2.25. The topological polar surface area (TPSA) is 78.4 Å². The molecule has 208 valence electrons. The van der Waals surface area contributed by atoms with Gasteiger partial charge in [-0.15, -0.1) is 22.9 Å². The van der Waals surface area contributed by atoms with Gasteiger partial charge in [-0.3, -0.25) is 4.79 Å². The van der Waals surface area contributed by atoms with E-state index < -0.39 is 12.0 Å². The number of para-hydroxylation sites is 1. The molecule has 0 bridgehead atoms. The number of fused-ring (bicyclic) bond motifs is 1. The first-order valence-corrected chi connectivity index (χ1v) is 14.8. The molecule has 0 radical (unpaired) electrons. The molecule has 7 heteroatoms. The molecule has 1 heterocycles. The highest BCUT2D eigenvalue weighted by Crippen LogP contribution is 2.32. The van der Waals surface area contributed by atoms with Crippen molar-refractivity contribution >= 4 is 50.5 Å². The molecule has 4 rings (SSSR count). The Bertz CT molecular complexity index is 1240. The van der Waals surface area contributed by atoms with Gasteiger partial charge in [-0.05, 0) is 47.8 Å². The predicted molar refractivity (Wildman–Crippen MR) is 166 cm³/mol. The van der Waals surface area contributed by atoms with Gasteiger partial charge in [0, 0.05) is 27.9 Å². The lowest BCUT2D eigenvalue weighted by atomic mass is 10.00. The van der Waals surface area contributed by atoms with Crippen LogP contribution in [-0.2, 0) is 4.79 Å². The van der Waals surface area contributed by atoms with Crippen LogP contribution in [-0.4, -0.2) is 36.3 Å². The summed E-state index contributed by atoms with van der Waals surface area (Å²) in [5.74, 6) is 0.0851. The molecular weight excluding hydrogens is 528 g/mol. The van der Waals surface area contributed by atoms with Crippen LogP contribution in [0.2, 0.25) is 0 Å². The number of rotatable bonds is 12.